The molecule has 0 radical (unpaired) electrons. The van der Waals surface area contributed by atoms with Crippen molar-refractivity contribution in [3.63, 3.8) is 0 Å². The van der Waals surface area contributed by atoms with Crippen LogP contribution in [0.4, 0.5) is 5.69 Å². The zero-order valence-corrected chi connectivity index (χ0v) is 12.1. The molecule has 1 heterocycles. The van der Waals surface area contributed by atoms with Crippen LogP contribution < -0.4 is 5.32 Å². The second-order valence-electron chi connectivity index (χ2n) is 4.93. The number of amides is 1. The van der Waals surface area contributed by atoms with Crippen LogP contribution in [0.25, 0.3) is 6.08 Å². The third-order valence-electron chi connectivity index (χ3n) is 3.29. The van der Waals surface area contributed by atoms with Gasteiger partial charge in [0.05, 0.1) is 4.75 Å². The van der Waals surface area contributed by atoms with E-state index in [4.69, 9.17) is 5.11 Å². The molecule has 1 fully saturated rings. The molecule has 4 nitrogen and oxygen atoms in total. The van der Waals surface area contributed by atoms with E-state index in [2.05, 4.69) is 5.32 Å². The van der Waals surface area contributed by atoms with Crippen LogP contribution in [-0.4, -0.2) is 27.5 Å². The molecule has 106 valence electrons. The highest BCUT2D eigenvalue weighted by Crippen LogP contribution is 2.38. The van der Waals surface area contributed by atoms with Crippen molar-refractivity contribution in [2.45, 2.75) is 24.5 Å². The number of carboxylic acids is 1. The van der Waals surface area contributed by atoms with Crippen molar-refractivity contribution in [3.8, 4) is 0 Å². The van der Waals surface area contributed by atoms with Crippen LogP contribution in [-0.2, 0) is 9.59 Å². The van der Waals surface area contributed by atoms with Gasteiger partial charge in [-0.15, -0.1) is 11.8 Å². The van der Waals surface area contributed by atoms with Crippen molar-refractivity contribution in [2.75, 3.05) is 11.1 Å². The number of carbonyl (C=O) groups is 2. The molecule has 1 aromatic rings. The van der Waals surface area contributed by atoms with Gasteiger partial charge in [0.2, 0.25) is 5.91 Å². The lowest BCUT2D eigenvalue weighted by Crippen LogP contribution is -2.34. The average molecular weight is 291 g/mol. The van der Waals surface area contributed by atoms with Crippen LogP contribution in [0.15, 0.2) is 30.3 Å². The number of anilines is 1. The molecule has 20 heavy (non-hydrogen) atoms. The number of carboxylic acid groups (broad SMARTS) is 1. The van der Waals surface area contributed by atoms with Crippen LogP contribution in [0.1, 0.15) is 25.3 Å². The molecule has 1 aliphatic rings. The molecule has 1 aromatic carbocycles. The number of hydrogen-bond donors (Lipinski definition) is 2. The minimum absolute atomic E-state index is 0.0360. The van der Waals surface area contributed by atoms with Gasteiger partial charge in [-0.3, -0.25) is 4.79 Å². The first-order chi connectivity index (χ1) is 9.49. The molecule has 0 spiro atoms. The highest BCUT2D eigenvalue weighted by atomic mass is 32.2. The van der Waals surface area contributed by atoms with Gasteiger partial charge in [0.15, 0.2) is 0 Å². The van der Waals surface area contributed by atoms with E-state index in [1.165, 1.54) is 6.08 Å². The molecule has 1 aliphatic heterocycles. The quantitative estimate of drug-likeness (QED) is 0.837. The lowest BCUT2D eigenvalue weighted by Gasteiger charge is -2.21. The molecule has 5 heteroatoms. The Morgan fingerprint density at radius 2 is 2.05 bits per heavy atom. The third kappa shape index (κ3) is 3.63. The van der Waals surface area contributed by atoms with Crippen LogP contribution in [0.5, 0.6) is 0 Å². The van der Waals surface area contributed by atoms with Gasteiger partial charge in [0.25, 0.3) is 0 Å². The Balaban J connectivity index is 2.00. The number of nitrogens with one attached hydrogen (secondary N) is 1. The number of carbonyl (C=O) groups excluding carboxylic acids is 1. The first kappa shape index (κ1) is 14.7. The first-order valence-corrected chi connectivity index (χ1v) is 7.45. The molecule has 2 rings (SSSR count). The summed E-state index contributed by atoms with van der Waals surface area (Å²) in [5, 5.41) is 11.5. The molecule has 1 saturated heterocycles. The fourth-order valence-electron chi connectivity index (χ4n) is 2.07. The SMILES string of the molecule is CC1(C(=O)Nc2ccc(/C=C/C(=O)O)cc2)CCCS1. The van der Waals surface area contributed by atoms with Crippen LogP contribution >= 0.6 is 11.8 Å². The summed E-state index contributed by atoms with van der Waals surface area (Å²) in [5.74, 6) is 0.0884. The largest absolute Gasteiger partial charge is 0.478 e. The van der Waals surface area contributed by atoms with Gasteiger partial charge in [0, 0.05) is 11.8 Å². The molecular weight excluding hydrogens is 274 g/mol. The van der Waals surface area contributed by atoms with Gasteiger partial charge in [-0.1, -0.05) is 12.1 Å². The smallest absolute Gasteiger partial charge is 0.328 e. The van der Waals surface area contributed by atoms with Crippen molar-refractivity contribution in [3.05, 3.63) is 35.9 Å². The van der Waals surface area contributed by atoms with Crippen molar-refractivity contribution in [2.24, 2.45) is 0 Å². The van der Waals surface area contributed by atoms with Gasteiger partial charge in [-0.2, -0.15) is 0 Å². The minimum atomic E-state index is -0.978. The molecular formula is C15H17NO3S. The normalized spacial score (nSPS) is 22.1. The summed E-state index contributed by atoms with van der Waals surface area (Å²) in [7, 11) is 0. The summed E-state index contributed by atoms with van der Waals surface area (Å²) >= 11 is 1.70. The molecule has 1 unspecified atom stereocenters. The minimum Gasteiger partial charge on any atom is -0.478 e. The van der Waals surface area contributed by atoms with Crippen LogP contribution in [0.2, 0.25) is 0 Å². The maximum absolute atomic E-state index is 12.2. The topological polar surface area (TPSA) is 66.4 Å². The van der Waals surface area contributed by atoms with Crippen molar-refractivity contribution >= 4 is 35.4 Å². The summed E-state index contributed by atoms with van der Waals surface area (Å²) in [5.41, 5.74) is 1.52. The molecule has 0 bridgehead atoms. The predicted octanol–water partition coefficient (Wildman–Crippen LogP) is 3.01. The maximum atomic E-state index is 12.2. The standard InChI is InChI=1S/C15H17NO3S/c1-15(9-2-10-20-15)14(19)16-12-6-3-11(4-7-12)5-8-13(17)18/h3-8H,2,9-10H2,1H3,(H,16,19)(H,17,18)/b8-5+. The number of rotatable bonds is 4. The van der Waals surface area contributed by atoms with Gasteiger partial charge in [-0.05, 0) is 49.3 Å². The Hall–Kier alpha value is -1.75. The Labute approximate surface area is 122 Å². The molecule has 0 aromatic heterocycles. The van der Waals surface area contributed by atoms with E-state index in [1.807, 2.05) is 6.92 Å². The zero-order valence-electron chi connectivity index (χ0n) is 11.3. The predicted molar refractivity (Wildman–Crippen MR) is 81.8 cm³/mol. The zero-order chi connectivity index (χ0) is 14.6. The van der Waals surface area contributed by atoms with Crippen LogP contribution in [0, 0.1) is 0 Å². The Bertz CT molecular complexity index is 531. The monoisotopic (exact) mass is 291 g/mol. The molecule has 0 aliphatic carbocycles. The number of benzene rings is 1. The Kier molecular flexibility index (Phi) is 4.49. The highest BCUT2D eigenvalue weighted by molar-refractivity contribution is 8.01. The fourth-order valence-corrected chi connectivity index (χ4v) is 3.28. The van der Waals surface area contributed by atoms with E-state index in [-0.39, 0.29) is 10.7 Å². The third-order valence-corrected chi connectivity index (χ3v) is 4.81. The van der Waals surface area contributed by atoms with Crippen LogP contribution in [0.3, 0.4) is 0 Å². The molecule has 1 atom stereocenters. The van der Waals surface area contributed by atoms with Gasteiger partial charge in [0.1, 0.15) is 0 Å². The van der Waals surface area contributed by atoms with E-state index in [0.29, 0.717) is 0 Å². The van der Waals surface area contributed by atoms with E-state index in [1.54, 1.807) is 36.0 Å². The van der Waals surface area contributed by atoms with E-state index in [0.717, 1.165) is 35.9 Å². The van der Waals surface area contributed by atoms with E-state index < -0.39 is 5.97 Å². The molecule has 2 N–H and O–H groups in total. The lowest BCUT2D eigenvalue weighted by molar-refractivity contribution is -0.131. The second kappa shape index (κ2) is 6.13. The lowest BCUT2D eigenvalue weighted by atomic mass is 10.0. The number of thioether (sulfide) groups is 1. The van der Waals surface area contributed by atoms with E-state index >= 15 is 0 Å². The summed E-state index contributed by atoms with van der Waals surface area (Å²) in [6.07, 6.45) is 4.59. The molecule has 0 saturated carbocycles. The summed E-state index contributed by atoms with van der Waals surface area (Å²) < 4.78 is -0.331. The van der Waals surface area contributed by atoms with E-state index in [9.17, 15) is 9.59 Å². The summed E-state index contributed by atoms with van der Waals surface area (Å²) in [6, 6.07) is 7.11. The fraction of sp³-hybridized carbons (Fsp3) is 0.333. The average Bonchev–Trinajstić information content (AvgIpc) is 2.86. The Morgan fingerprint density at radius 3 is 2.60 bits per heavy atom. The number of hydrogen-bond acceptors (Lipinski definition) is 3. The van der Waals surface area contributed by atoms with Crippen molar-refractivity contribution < 1.29 is 14.7 Å². The van der Waals surface area contributed by atoms with Crippen molar-refractivity contribution in [1.29, 1.82) is 0 Å². The molecule has 1 amide bonds. The number of aliphatic carboxylic acids is 1. The van der Waals surface area contributed by atoms with Gasteiger partial charge >= 0.3 is 5.97 Å². The Morgan fingerprint density at radius 1 is 1.35 bits per heavy atom. The maximum Gasteiger partial charge on any atom is 0.328 e. The van der Waals surface area contributed by atoms with Crippen molar-refractivity contribution in [1.82, 2.24) is 0 Å². The first-order valence-electron chi connectivity index (χ1n) is 6.46. The summed E-state index contributed by atoms with van der Waals surface area (Å²) in [6.45, 7) is 1.98. The second-order valence-corrected chi connectivity index (χ2v) is 6.53. The van der Waals surface area contributed by atoms with Gasteiger partial charge < -0.3 is 10.4 Å². The van der Waals surface area contributed by atoms with Gasteiger partial charge in [-0.25, -0.2) is 4.79 Å². The highest BCUT2D eigenvalue weighted by Gasteiger charge is 2.37. The summed E-state index contributed by atoms with van der Waals surface area (Å²) in [4.78, 5) is 22.6.